The first-order valence-corrected chi connectivity index (χ1v) is 6.56. The van der Waals surface area contributed by atoms with E-state index in [2.05, 4.69) is 5.32 Å². The van der Waals surface area contributed by atoms with E-state index < -0.39 is 12.0 Å². The Morgan fingerprint density at radius 3 is 1.71 bits per heavy atom. The second kappa shape index (κ2) is 24.3. The van der Waals surface area contributed by atoms with Gasteiger partial charge in [-0.05, 0) is 5.92 Å². The van der Waals surface area contributed by atoms with Crippen LogP contribution in [0.25, 0.3) is 0 Å². The largest absolute Gasteiger partial charge is 0.480 e. The number of aliphatic carboxylic acids is 1. The first-order valence-electron chi connectivity index (χ1n) is 6.56. The number of hydrogen-bond acceptors (Lipinski definition) is 2. The highest BCUT2D eigenvalue weighted by Crippen LogP contribution is 2.06. The maximum Gasteiger partial charge on any atom is 0.326 e. The smallest absolute Gasteiger partial charge is 0.326 e. The first-order chi connectivity index (χ1) is 8.13. The van der Waals surface area contributed by atoms with E-state index in [0.29, 0.717) is 6.41 Å². The predicted molar refractivity (Wildman–Crippen MR) is 74.1 cm³/mol. The molecule has 0 bridgehead atoms. The summed E-state index contributed by atoms with van der Waals surface area (Å²) in [7, 11) is 0. The van der Waals surface area contributed by atoms with E-state index in [4.69, 9.17) is 5.11 Å². The Bertz CT molecular complexity index is 150. The molecule has 17 heavy (non-hydrogen) atoms. The summed E-state index contributed by atoms with van der Waals surface area (Å²) in [6, 6.07) is -0.752. The number of carbonyl (C=O) groups excluding carboxylic acids is 1. The van der Waals surface area contributed by atoms with Crippen LogP contribution in [0.4, 0.5) is 0 Å². The topological polar surface area (TPSA) is 66.4 Å². The molecule has 4 heteroatoms. The van der Waals surface area contributed by atoms with Gasteiger partial charge in [-0.15, -0.1) is 0 Å². The monoisotopic (exact) mass is 249 g/mol. The molecule has 0 aliphatic heterocycles. The van der Waals surface area contributed by atoms with Crippen molar-refractivity contribution in [2.24, 2.45) is 5.92 Å². The molecule has 0 aromatic carbocycles. The number of carbonyl (C=O) groups is 2. The normalized spacial score (nSPS) is 10.8. The van der Waals surface area contributed by atoms with Crippen molar-refractivity contribution in [2.45, 2.75) is 67.9 Å². The Labute approximate surface area is 107 Å². The predicted octanol–water partition coefficient (Wildman–Crippen LogP) is 3.31. The molecular weight excluding hydrogens is 218 g/mol. The van der Waals surface area contributed by atoms with Gasteiger partial charge >= 0.3 is 5.97 Å². The molecule has 0 heterocycles. The highest BCUT2D eigenvalue weighted by Gasteiger charge is 2.21. The zero-order valence-electron chi connectivity index (χ0n) is 12.7. The van der Waals surface area contributed by atoms with Gasteiger partial charge in [-0.2, -0.15) is 0 Å². The van der Waals surface area contributed by atoms with Crippen molar-refractivity contribution in [3.63, 3.8) is 0 Å². The van der Waals surface area contributed by atoms with Gasteiger partial charge in [0.05, 0.1) is 0 Å². The maximum atomic E-state index is 10.5. The van der Waals surface area contributed by atoms with Crippen LogP contribution < -0.4 is 5.32 Å². The van der Waals surface area contributed by atoms with Crippen LogP contribution in [0.1, 0.15) is 61.8 Å². The van der Waals surface area contributed by atoms with Crippen LogP contribution in [-0.2, 0) is 9.59 Å². The summed E-state index contributed by atoms with van der Waals surface area (Å²) in [5, 5.41) is 10.8. The van der Waals surface area contributed by atoms with Gasteiger partial charge in [0.15, 0.2) is 0 Å². The molecule has 0 aliphatic rings. The van der Waals surface area contributed by atoms with Crippen molar-refractivity contribution in [2.75, 3.05) is 0 Å². The lowest BCUT2D eigenvalue weighted by Crippen LogP contribution is -2.40. The average Bonchev–Trinajstić information content (AvgIpc) is 2.41. The van der Waals surface area contributed by atoms with Crippen molar-refractivity contribution in [3.05, 3.63) is 0 Å². The highest BCUT2D eigenvalue weighted by molar-refractivity contribution is 5.76. The minimum Gasteiger partial charge on any atom is -0.480 e. The Hall–Kier alpha value is -1.06. The molecular formula is C13H31NO3. The molecule has 0 aromatic rings. The molecule has 0 spiro atoms. The fourth-order valence-electron chi connectivity index (χ4n) is 0.788. The molecule has 0 fully saturated rings. The fraction of sp³-hybridized carbons (Fsp3) is 0.846. The van der Waals surface area contributed by atoms with Gasteiger partial charge in [0.2, 0.25) is 6.41 Å². The summed E-state index contributed by atoms with van der Waals surface area (Å²) in [4.78, 5) is 20.4. The lowest BCUT2D eigenvalue weighted by atomic mass is 10.00. The Morgan fingerprint density at radius 2 is 1.53 bits per heavy atom. The number of carboxylic acid groups (broad SMARTS) is 1. The standard InChI is InChI=1S/C7H13NO3.3C2H6/c1-3-5(2)6(7(10)11)8-4-9;3*1-2/h4-6H,3H2,1-2H3,(H,8,9)(H,10,11);3*1-2H3. The third kappa shape index (κ3) is 17.5. The van der Waals surface area contributed by atoms with Crippen LogP contribution in [0.5, 0.6) is 0 Å². The summed E-state index contributed by atoms with van der Waals surface area (Å²) in [6.07, 6.45) is 1.16. The van der Waals surface area contributed by atoms with Crippen molar-refractivity contribution < 1.29 is 14.7 Å². The lowest BCUT2D eigenvalue weighted by molar-refractivity contribution is -0.142. The first kappa shape index (κ1) is 25.0. The highest BCUT2D eigenvalue weighted by atomic mass is 16.4. The number of carboxylic acids is 1. The molecule has 0 rings (SSSR count). The summed E-state index contributed by atoms with van der Waals surface area (Å²) in [6.45, 7) is 15.7. The van der Waals surface area contributed by atoms with Crippen LogP contribution in [0, 0.1) is 5.92 Å². The molecule has 0 saturated carbocycles. The third-order valence-corrected chi connectivity index (χ3v) is 1.73. The Morgan fingerprint density at radius 1 is 1.18 bits per heavy atom. The second-order valence-electron chi connectivity index (χ2n) is 2.49. The van der Waals surface area contributed by atoms with Crippen molar-refractivity contribution in [1.82, 2.24) is 5.32 Å². The van der Waals surface area contributed by atoms with Gasteiger partial charge in [-0.1, -0.05) is 61.8 Å². The number of nitrogens with one attached hydrogen (secondary N) is 1. The lowest BCUT2D eigenvalue weighted by Gasteiger charge is -2.16. The van der Waals surface area contributed by atoms with E-state index in [1.54, 1.807) is 6.92 Å². The third-order valence-electron chi connectivity index (χ3n) is 1.73. The Kier molecular flexibility index (Phi) is 35.6. The van der Waals surface area contributed by atoms with E-state index in [9.17, 15) is 9.59 Å². The zero-order chi connectivity index (χ0) is 14.9. The van der Waals surface area contributed by atoms with Gasteiger partial charge in [0.25, 0.3) is 0 Å². The van der Waals surface area contributed by atoms with Crippen LogP contribution in [0.15, 0.2) is 0 Å². The molecule has 4 nitrogen and oxygen atoms in total. The van der Waals surface area contributed by atoms with Crippen molar-refractivity contribution >= 4 is 12.4 Å². The molecule has 0 aliphatic carbocycles. The minimum atomic E-state index is -0.980. The second-order valence-corrected chi connectivity index (χ2v) is 2.49. The SMILES string of the molecule is CC.CC.CC.CCC(C)C(NC=O)C(=O)O. The fourth-order valence-corrected chi connectivity index (χ4v) is 0.788. The van der Waals surface area contributed by atoms with E-state index >= 15 is 0 Å². The summed E-state index contributed by atoms with van der Waals surface area (Å²) < 4.78 is 0. The number of rotatable bonds is 5. The average molecular weight is 249 g/mol. The van der Waals surface area contributed by atoms with E-state index in [1.165, 1.54) is 0 Å². The Balaban J connectivity index is -0.000000121. The van der Waals surface area contributed by atoms with Crippen LogP contribution in [0.2, 0.25) is 0 Å². The summed E-state index contributed by atoms with van der Waals surface area (Å²) >= 11 is 0. The van der Waals surface area contributed by atoms with E-state index in [1.807, 2.05) is 48.5 Å². The van der Waals surface area contributed by atoms with Crippen molar-refractivity contribution in [3.8, 4) is 0 Å². The van der Waals surface area contributed by atoms with E-state index in [0.717, 1.165) is 6.42 Å². The maximum absolute atomic E-state index is 10.5. The van der Waals surface area contributed by atoms with Crippen LogP contribution in [-0.4, -0.2) is 23.5 Å². The molecule has 2 unspecified atom stereocenters. The van der Waals surface area contributed by atoms with E-state index in [-0.39, 0.29) is 5.92 Å². The molecule has 0 radical (unpaired) electrons. The quantitative estimate of drug-likeness (QED) is 0.735. The zero-order valence-corrected chi connectivity index (χ0v) is 12.7. The van der Waals surface area contributed by atoms with Gasteiger partial charge in [-0.3, -0.25) is 4.79 Å². The number of amides is 1. The van der Waals surface area contributed by atoms with Gasteiger partial charge < -0.3 is 10.4 Å². The molecule has 0 saturated heterocycles. The minimum absolute atomic E-state index is 0.0299. The van der Waals surface area contributed by atoms with Crippen LogP contribution >= 0.6 is 0 Å². The summed E-state index contributed by atoms with van der Waals surface area (Å²) in [5.74, 6) is -1.01. The molecule has 1 amide bonds. The van der Waals surface area contributed by atoms with Crippen molar-refractivity contribution in [1.29, 1.82) is 0 Å². The molecule has 2 N–H and O–H groups in total. The molecule has 2 atom stereocenters. The summed E-state index contributed by atoms with van der Waals surface area (Å²) in [5.41, 5.74) is 0. The van der Waals surface area contributed by atoms with Crippen LogP contribution in [0.3, 0.4) is 0 Å². The number of hydrogen-bond donors (Lipinski definition) is 2. The molecule has 106 valence electrons. The van der Waals surface area contributed by atoms with Gasteiger partial charge in [-0.25, -0.2) is 4.79 Å². The molecule has 0 aromatic heterocycles. The van der Waals surface area contributed by atoms with Gasteiger partial charge in [0.1, 0.15) is 6.04 Å². The van der Waals surface area contributed by atoms with Gasteiger partial charge in [0, 0.05) is 0 Å².